The molecule has 0 saturated carbocycles. The van der Waals surface area contributed by atoms with Crippen LogP contribution in [-0.4, -0.2) is 24.4 Å². The van der Waals surface area contributed by atoms with E-state index in [-0.39, 0.29) is 0 Å². The highest BCUT2D eigenvalue weighted by molar-refractivity contribution is 9.10. The fourth-order valence-electron chi connectivity index (χ4n) is 2.48. The Labute approximate surface area is 149 Å². The molecule has 124 valence electrons. The Kier molecular flexibility index (Phi) is 5.27. The average molecular weight is 389 g/mol. The molecule has 5 nitrogen and oxygen atoms in total. The molecular formula is C18H19BrN3O2+. The number of hydrogen-bond donors (Lipinski definition) is 1. The molecular weight excluding hydrogens is 370 g/mol. The molecule has 0 aliphatic rings. The topological polar surface area (TPSA) is 52.6 Å². The maximum Gasteiger partial charge on any atom is 0.271 e. The van der Waals surface area contributed by atoms with Crippen LogP contribution in [0.15, 0.2) is 57.4 Å². The predicted molar refractivity (Wildman–Crippen MR) is 94.7 cm³/mol. The molecule has 0 amide bonds. The summed E-state index contributed by atoms with van der Waals surface area (Å²) in [6, 6.07) is 15.9. The SMILES string of the molecule is COc1ccc(C[NH+](C)Cc2nnc(-c3ccccc3Br)o2)cc1. The molecule has 1 unspecified atom stereocenters. The van der Waals surface area contributed by atoms with Crippen LogP contribution in [0.3, 0.4) is 0 Å². The number of nitrogens with one attached hydrogen (secondary N) is 1. The van der Waals surface area contributed by atoms with E-state index in [1.54, 1.807) is 7.11 Å². The second-order valence-electron chi connectivity index (χ2n) is 5.64. The molecule has 24 heavy (non-hydrogen) atoms. The van der Waals surface area contributed by atoms with E-state index in [2.05, 4.69) is 45.3 Å². The van der Waals surface area contributed by atoms with Crippen LogP contribution in [0.1, 0.15) is 11.5 Å². The second kappa shape index (κ2) is 7.59. The number of aromatic nitrogens is 2. The van der Waals surface area contributed by atoms with E-state index >= 15 is 0 Å². The highest BCUT2D eigenvalue weighted by Gasteiger charge is 2.14. The third-order valence-corrected chi connectivity index (χ3v) is 4.38. The molecule has 1 heterocycles. The van der Waals surface area contributed by atoms with Gasteiger partial charge in [0.2, 0.25) is 5.89 Å². The highest BCUT2D eigenvalue weighted by Crippen LogP contribution is 2.26. The lowest BCUT2D eigenvalue weighted by Crippen LogP contribution is -3.06. The Morgan fingerprint density at radius 3 is 2.50 bits per heavy atom. The molecule has 3 aromatic rings. The van der Waals surface area contributed by atoms with E-state index in [9.17, 15) is 0 Å². The van der Waals surface area contributed by atoms with Crippen molar-refractivity contribution in [1.29, 1.82) is 0 Å². The van der Waals surface area contributed by atoms with Crippen molar-refractivity contribution in [2.45, 2.75) is 13.1 Å². The van der Waals surface area contributed by atoms with E-state index in [1.165, 1.54) is 10.5 Å². The number of quaternary nitrogens is 1. The lowest BCUT2D eigenvalue weighted by atomic mass is 10.2. The summed E-state index contributed by atoms with van der Waals surface area (Å²) in [5, 5.41) is 8.32. The minimum Gasteiger partial charge on any atom is -0.497 e. The van der Waals surface area contributed by atoms with Gasteiger partial charge in [-0.1, -0.05) is 12.1 Å². The highest BCUT2D eigenvalue weighted by atomic mass is 79.9. The van der Waals surface area contributed by atoms with Crippen molar-refractivity contribution in [3.05, 3.63) is 64.5 Å². The molecule has 1 aromatic heterocycles. The molecule has 3 rings (SSSR count). The average Bonchev–Trinajstić information content (AvgIpc) is 3.04. The number of methoxy groups -OCH3 is 1. The van der Waals surface area contributed by atoms with Gasteiger partial charge in [0.05, 0.1) is 19.7 Å². The molecule has 6 heteroatoms. The Morgan fingerprint density at radius 1 is 1.04 bits per heavy atom. The fourth-order valence-corrected chi connectivity index (χ4v) is 2.94. The number of hydrogen-bond acceptors (Lipinski definition) is 4. The summed E-state index contributed by atoms with van der Waals surface area (Å²) in [6.45, 7) is 1.54. The summed E-state index contributed by atoms with van der Waals surface area (Å²) < 4.78 is 11.9. The number of rotatable bonds is 6. The maximum atomic E-state index is 5.80. The van der Waals surface area contributed by atoms with Gasteiger partial charge in [0.25, 0.3) is 5.89 Å². The van der Waals surface area contributed by atoms with Gasteiger partial charge in [0.1, 0.15) is 12.3 Å². The summed E-state index contributed by atoms with van der Waals surface area (Å²) in [4.78, 5) is 1.27. The van der Waals surface area contributed by atoms with Crippen molar-refractivity contribution in [3.8, 4) is 17.2 Å². The summed E-state index contributed by atoms with van der Waals surface area (Å²) in [7, 11) is 3.77. The largest absolute Gasteiger partial charge is 0.497 e. The molecule has 0 saturated heterocycles. The first-order valence-electron chi connectivity index (χ1n) is 7.67. The molecule has 0 aliphatic heterocycles. The molecule has 2 aromatic carbocycles. The summed E-state index contributed by atoms with van der Waals surface area (Å²) in [6.07, 6.45) is 0. The number of benzene rings is 2. The normalized spacial score (nSPS) is 12.1. The van der Waals surface area contributed by atoms with Crippen LogP contribution < -0.4 is 9.64 Å². The zero-order chi connectivity index (χ0) is 16.9. The van der Waals surface area contributed by atoms with Crippen molar-refractivity contribution in [3.63, 3.8) is 0 Å². The van der Waals surface area contributed by atoms with Crippen molar-refractivity contribution in [1.82, 2.24) is 10.2 Å². The molecule has 0 bridgehead atoms. The van der Waals surface area contributed by atoms with Gasteiger partial charge in [-0.05, 0) is 52.3 Å². The van der Waals surface area contributed by atoms with Gasteiger partial charge in [-0.15, -0.1) is 10.2 Å². The number of ether oxygens (including phenoxy) is 1. The molecule has 0 spiro atoms. The van der Waals surface area contributed by atoms with E-state index in [0.29, 0.717) is 18.3 Å². The van der Waals surface area contributed by atoms with Crippen LogP contribution >= 0.6 is 15.9 Å². The van der Waals surface area contributed by atoms with E-state index in [4.69, 9.17) is 9.15 Å². The van der Waals surface area contributed by atoms with Gasteiger partial charge in [-0.25, -0.2) is 0 Å². The lowest BCUT2D eigenvalue weighted by Gasteiger charge is -2.12. The Morgan fingerprint density at radius 2 is 1.79 bits per heavy atom. The predicted octanol–water partition coefficient (Wildman–Crippen LogP) is 2.72. The van der Waals surface area contributed by atoms with E-state index in [1.807, 2.05) is 36.4 Å². The Balaban J connectivity index is 1.64. The van der Waals surface area contributed by atoms with Gasteiger partial charge in [-0.2, -0.15) is 0 Å². The first-order chi connectivity index (χ1) is 11.7. The van der Waals surface area contributed by atoms with Crippen molar-refractivity contribution in [2.24, 2.45) is 0 Å². The molecule has 0 aliphatic carbocycles. The Hall–Kier alpha value is -2.18. The first kappa shape index (κ1) is 16.7. The van der Waals surface area contributed by atoms with Gasteiger partial charge in [-0.3, -0.25) is 0 Å². The van der Waals surface area contributed by atoms with Crippen LogP contribution in [0.5, 0.6) is 5.75 Å². The minimum atomic E-state index is 0.537. The van der Waals surface area contributed by atoms with Crippen LogP contribution in [0.25, 0.3) is 11.5 Å². The zero-order valence-electron chi connectivity index (χ0n) is 13.6. The van der Waals surface area contributed by atoms with Crippen LogP contribution in [0.2, 0.25) is 0 Å². The molecule has 0 fully saturated rings. The van der Waals surface area contributed by atoms with Crippen molar-refractivity contribution in [2.75, 3.05) is 14.2 Å². The zero-order valence-corrected chi connectivity index (χ0v) is 15.2. The van der Waals surface area contributed by atoms with Gasteiger partial charge in [0, 0.05) is 10.0 Å². The van der Waals surface area contributed by atoms with Gasteiger partial charge >= 0.3 is 0 Å². The molecule has 1 atom stereocenters. The van der Waals surface area contributed by atoms with Gasteiger partial charge in [0.15, 0.2) is 6.54 Å². The fraction of sp³-hybridized carbons (Fsp3) is 0.222. The molecule has 0 radical (unpaired) electrons. The van der Waals surface area contributed by atoms with Crippen molar-refractivity contribution < 1.29 is 14.1 Å². The smallest absolute Gasteiger partial charge is 0.271 e. The summed E-state index contributed by atoms with van der Waals surface area (Å²) in [5.74, 6) is 2.04. The van der Waals surface area contributed by atoms with Crippen LogP contribution in [0.4, 0.5) is 0 Å². The lowest BCUT2D eigenvalue weighted by molar-refractivity contribution is -0.909. The third kappa shape index (κ3) is 4.01. The first-order valence-corrected chi connectivity index (χ1v) is 8.46. The summed E-state index contributed by atoms with van der Waals surface area (Å²) in [5.41, 5.74) is 2.14. The number of halogens is 1. The standard InChI is InChI=1S/C18H18BrN3O2/c1-22(11-13-7-9-14(23-2)10-8-13)12-17-20-21-18(24-17)15-5-3-4-6-16(15)19/h3-10H,11-12H2,1-2H3/p+1. The van der Waals surface area contributed by atoms with Crippen LogP contribution in [-0.2, 0) is 13.1 Å². The van der Waals surface area contributed by atoms with E-state index in [0.717, 1.165) is 22.3 Å². The second-order valence-corrected chi connectivity index (χ2v) is 6.49. The van der Waals surface area contributed by atoms with Gasteiger partial charge < -0.3 is 14.1 Å². The summed E-state index contributed by atoms with van der Waals surface area (Å²) >= 11 is 3.51. The monoisotopic (exact) mass is 388 g/mol. The third-order valence-electron chi connectivity index (χ3n) is 3.69. The number of nitrogens with zero attached hydrogens (tertiary/aromatic N) is 2. The molecule has 1 N–H and O–H groups in total. The van der Waals surface area contributed by atoms with E-state index < -0.39 is 0 Å². The maximum absolute atomic E-state index is 5.80. The van der Waals surface area contributed by atoms with Crippen LogP contribution in [0, 0.1) is 0 Å². The minimum absolute atomic E-state index is 0.537. The van der Waals surface area contributed by atoms with Crippen molar-refractivity contribution >= 4 is 15.9 Å². The Bertz CT molecular complexity index is 802. The quantitative estimate of drug-likeness (QED) is 0.705.